The summed E-state index contributed by atoms with van der Waals surface area (Å²) in [5, 5.41) is 6.56. The molecule has 1 saturated carbocycles. The molecule has 0 spiro atoms. The number of fused-ring (bicyclic) bond motifs is 1. The van der Waals surface area contributed by atoms with Crippen LogP contribution in [0.25, 0.3) is 16.9 Å². The van der Waals surface area contributed by atoms with Crippen molar-refractivity contribution in [2.24, 2.45) is 0 Å². The molecule has 1 aliphatic rings. The van der Waals surface area contributed by atoms with Crippen molar-refractivity contribution >= 4 is 5.65 Å². The van der Waals surface area contributed by atoms with E-state index in [0.29, 0.717) is 11.1 Å². The minimum atomic E-state index is -4.64. The monoisotopic (exact) mass is 340 g/mol. The average Bonchev–Trinajstić information content (AvgIpc) is 2.96. The Labute approximate surface area is 132 Å². The van der Waals surface area contributed by atoms with E-state index in [-0.39, 0.29) is 17.8 Å². The van der Waals surface area contributed by atoms with Crippen LogP contribution in [-0.2, 0) is 6.18 Å². The standard InChI is InChI=1S/C15H9F5N4/c16-14(17)5-10(14)8-1-3-9(4-2-8)11-7-24-12(6-21-11)22-23-13(24)15(18,19)20/h1-4,6-7,10H,5H2/t10-/m0/s1. The van der Waals surface area contributed by atoms with Gasteiger partial charge in [-0.05, 0) is 5.56 Å². The van der Waals surface area contributed by atoms with Gasteiger partial charge in [0.05, 0.1) is 17.8 Å². The van der Waals surface area contributed by atoms with Gasteiger partial charge in [0.15, 0.2) is 5.65 Å². The van der Waals surface area contributed by atoms with E-state index in [1.165, 1.54) is 12.4 Å². The van der Waals surface area contributed by atoms with Crippen LogP contribution in [0.15, 0.2) is 36.7 Å². The lowest BCUT2D eigenvalue weighted by Crippen LogP contribution is -2.11. The van der Waals surface area contributed by atoms with Gasteiger partial charge in [-0.25, -0.2) is 8.78 Å². The second-order valence-corrected chi connectivity index (χ2v) is 5.66. The highest BCUT2D eigenvalue weighted by Gasteiger charge is 2.57. The average molecular weight is 340 g/mol. The predicted molar refractivity (Wildman–Crippen MR) is 73.5 cm³/mol. The molecule has 0 bridgehead atoms. The predicted octanol–water partition coefficient (Wildman–Crippen LogP) is 3.93. The number of alkyl halides is 5. The molecule has 2 aromatic heterocycles. The zero-order valence-electron chi connectivity index (χ0n) is 11.9. The van der Waals surface area contributed by atoms with E-state index in [1.807, 2.05) is 0 Å². The summed E-state index contributed by atoms with van der Waals surface area (Å²) in [5.41, 5.74) is 1.26. The van der Waals surface area contributed by atoms with Crippen LogP contribution in [0, 0.1) is 0 Å². The van der Waals surface area contributed by atoms with E-state index >= 15 is 0 Å². The van der Waals surface area contributed by atoms with Crippen LogP contribution in [0.4, 0.5) is 22.0 Å². The molecule has 0 unspecified atom stereocenters. The van der Waals surface area contributed by atoms with Gasteiger partial charge in [0.2, 0.25) is 5.82 Å². The van der Waals surface area contributed by atoms with Gasteiger partial charge in [-0.15, -0.1) is 10.2 Å². The highest BCUT2D eigenvalue weighted by Crippen LogP contribution is 2.55. The number of halogens is 5. The third-order valence-electron chi connectivity index (χ3n) is 3.98. The lowest BCUT2D eigenvalue weighted by Gasteiger charge is -2.06. The van der Waals surface area contributed by atoms with Crippen molar-refractivity contribution in [2.75, 3.05) is 0 Å². The molecule has 124 valence electrons. The first-order valence-electron chi connectivity index (χ1n) is 7.02. The Hall–Kier alpha value is -2.58. The summed E-state index contributed by atoms with van der Waals surface area (Å²) < 4.78 is 65.6. The highest BCUT2D eigenvalue weighted by molar-refractivity contribution is 5.60. The molecule has 24 heavy (non-hydrogen) atoms. The second kappa shape index (κ2) is 4.71. The fourth-order valence-electron chi connectivity index (χ4n) is 2.61. The van der Waals surface area contributed by atoms with E-state index in [4.69, 9.17) is 0 Å². The Bertz CT molecular complexity index is 914. The van der Waals surface area contributed by atoms with Crippen molar-refractivity contribution in [3.05, 3.63) is 48.0 Å². The molecular weight excluding hydrogens is 331 g/mol. The largest absolute Gasteiger partial charge is 0.452 e. The first kappa shape index (κ1) is 15.0. The fourth-order valence-corrected chi connectivity index (χ4v) is 2.61. The van der Waals surface area contributed by atoms with Gasteiger partial charge in [-0.3, -0.25) is 9.38 Å². The van der Waals surface area contributed by atoms with E-state index in [2.05, 4.69) is 15.2 Å². The molecule has 0 saturated heterocycles. The van der Waals surface area contributed by atoms with Crippen molar-refractivity contribution in [2.45, 2.75) is 24.4 Å². The molecule has 4 nitrogen and oxygen atoms in total. The smallest absolute Gasteiger partial charge is 0.275 e. The SMILES string of the molecule is FC(F)(F)c1nnc2cnc(-c3ccc([C@@H]4CC4(F)F)cc3)cn12. The molecule has 1 fully saturated rings. The normalized spacial score (nSPS) is 19.6. The maximum Gasteiger partial charge on any atom is 0.452 e. The molecule has 0 N–H and O–H groups in total. The van der Waals surface area contributed by atoms with Crippen LogP contribution in [0.1, 0.15) is 23.7 Å². The number of rotatable bonds is 2. The number of benzene rings is 1. The molecule has 1 aromatic carbocycles. The Morgan fingerprint density at radius 2 is 1.75 bits per heavy atom. The van der Waals surface area contributed by atoms with Crippen LogP contribution in [-0.4, -0.2) is 25.5 Å². The van der Waals surface area contributed by atoms with E-state index in [1.54, 1.807) is 24.3 Å². The summed E-state index contributed by atoms with van der Waals surface area (Å²) in [7, 11) is 0. The lowest BCUT2D eigenvalue weighted by atomic mass is 10.1. The molecule has 3 aromatic rings. The quantitative estimate of drug-likeness (QED) is 0.664. The van der Waals surface area contributed by atoms with Gasteiger partial charge in [-0.2, -0.15) is 13.2 Å². The molecule has 0 amide bonds. The maximum absolute atomic E-state index is 13.1. The third kappa shape index (κ3) is 2.40. The van der Waals surface area contributed by atoms with Gasteiger partial charge in [-0.1, -0.05) is 24.3 Å². The summed E-state index contributed by atoms with van der Waals surface area (Å²) in [6.07, 6.45) is -2.45. The lowest BCUT2D eigenvalue weighted by molar-refractivity contribution is -0.145. The van der Waals surface area contributed by atoms with Gasteiger partial charge >= 0.3 is 6.18 Å². The number of hydrogen-bond acceptors (Lipinski definition) is 3. The summed E-state index contributed by atoms with van der Waals surface area (Å²) in [5.74, 6) is -4.59. The molecule has 0 aliphatic heterocycles. The number of nitrogens with zero attached hydrogens (tertiary/aromatic N) is 4. The molecule has 1 atom stereocenters. The topological polar surface area (TPSA) is 43.1 Å². The van der Waals surface area contributed by atoms with Gasteiger partial charge in [0.25, 0.3) is 5.92 Å². The molecule has 0 radical (unpaired) electrons. The minimum absolute atomic E-state index is 0.0275. The van der Waals surface area contributed by atoms with E-state index in [0.717, 1.165) is 4.40 Å². The van der Waals surface area contributed by atoms with Crippen LogP contribution >= 0.6 is 0 Å². The third-order valence-corrected chi connectivity index (χ3v) is 3.98. The van der Waals surface area contributed by atoms with E-state index < -0.39 is 23.8 Å². The fraction of sp³-hybridized carbons (Fsp3) is 0.267. The zero-order valence-corrected chi connectivity index (χ0v) is 11.9. The van der Waals surface area contributed by atoms with Crippen LogP contribution in [0.5, 0.6) is 0 Å². The second-order valence-electron chi connectivity index (χ2n) is 5.66. The summed E-state index contributed by atoms with van der Waals surface area (Å²) in [6, 6.07) is 6.22. The zero-order chi connectivity index (χ0) is 17.1. The molecule has 2 heterocycles. The number of hydrogen-bond donors (Lipinski definition) is 0. The minimum Gasteiger partial charge on any atom is -0.275 e. The van der Waals surface area contributed by atoms with Crippen LogP contribution in [0.2, 0.25) is 0 Å². The molecule has 9 heteroatoms. The first-order valence-corrected chi connectivity index (χ1v) is 7.02. The van der Waals surface area contributed by atoms with Gasteiger partial charge in [0.1, 0.15) is 0 Å². The van der Waals surface area contributed by atoms with Crippen molar-refractivity contribution in [1.82, 2.24) is 19.6 Å². The molecular formula is C15H9F5N4. The Morgan fingerprint density at radius 3 is 2.33 bits per heavy atom. The van der Waals surface area contributed by atoms with Gasteiger partial charge in [0, 0.05) is 18.2 Å². The van der Waals surface area contributed by atoms with Crippen LogP contribution < -0.4 is 0 Å². The summed E-state index contributed by atoms with van der Waals surface area (Å²) in [4.78, 5) is 4.05. The molecule has 1 aliphatic carbocycles. The van der Waals surface area contributed by atoms with Crippen molar-refractivity contribution in [3.8, 4) is 11.3 Å². The maximum atomic E-state index is 13.1. The van der Waals surface area contributed by atoms with Crippen LogP contribution in [0.3, 0.4) is 0 Å². The highest BCUT2D eigenvalue weighted by atomic mass is 19.4. The first-order chi connectivity index (χ1) is 11.3. The summed E-state index contributed by atoms with van der Waals surface area (Å²) >= 11 is 0. The van der Waals surface area contributed by atoms with Crippen molar-refractivity contribution < 1.29 is 22.0 Å². The number of aromatic nitrogens is 4. The van der Waals surface area contributed by atoms with Crippen molar-refractivity contribution in [1.29, 1.82) is 0 Å². The van der Waals surface area contributed by atoms with E-state index in [9.17, 15) is 22.0 Å². The Balaban J connectivity index is 1.71. The summed E-state index contributed by atoms with van der Waals surface area (Å²) in [6.45, 7) is 0. The Kier molecular flexibility index (Phi) is 2.94. The Morgan fingerprint density at radius 1 is 1.08 bits per heavy atom. The van der Waals surface area contributed by atoms with Crippen molar-refractivity contribution in [3.63, 3.8) is 0 Å². The van der Waals surface area contributed by atoms with Gasteiger partial charge < -0.3 is 0 Å². The molecule has 4 rings (SSSR count).